The SMILES string of the molecule is Cc1ccc(-n2c(SCC(=O)N3CCCC[C@@H]3C)nnc2-c2cccc(C)c2)cc1. The van der Waals surface area contributed by atoms with Crippen molar-refractivity contribution in [3.05, 3.63) is 59.7 Å². The number of rotatable bonds is 5. The molecule has 0 bridgehead atoms. The molecule has 156 valence electrons. The van der Waals surface area contributed by atoms with E-state index in [-0.39, 0.29) is 5.91 Å². The maximum absolute atomic E-state index is 12.8. The van der Waals surface area contributed by atoms with Crippen molar-refractivity contribution in [1.29, 1.82) is 0 Å². The summed E-state index contributed by atoms with van der Waals surface area (Å²) in [7, 11) is 0. The number of nitrogens with zero attached hydrogens (tertiary/aromatic N) is 4. The normalized spacial score (nSPS) is 16.6. The van der Waals surface area contributed by atoms with E-state index in [0.29, 0.717) is 11.8 Å². The summed E-state index contributed by atoms with van der Waals surface area (Å²) in [6.45, 7) is 7.15. The van der Waals surface area contributed by atoms with Gasteiger partial charge in [0.05, 0.1) is 5.75 Å². The first-order chi connectivity index (χ1) is 14.5. The summed E-state index contributed by atoms with van der Waals surface area (Å²) in [5.41, 5.74) is 4.40. The van der Waals surface area contributed by atoms with Crippen molar-refractivity contribution in [3.8, 4) is 17.1 Å². The Bertz CT molecular complexity index is 1030. The molecule has 1 atom stereocenters. The van der Waals surface area contributed by atoms with Gasteiger partial charge in [0.2, 0.25) is 5.91 Å². The Morgan fingerprint density at radius 1 is 1.07 bits per heavy atom. The Kier molecular flexibility index (Phi) is 6.23. The van der Waals surface area contributed by atoms with Gasteiger partial charge in [-0.2, -0.15) is 0 Å². The van der Waals surface area contributed by atoms with Crippen molar-refractivity contribution >= 4 is 17.7 Å². The standard InChI is InChI=1S/C24H28N4OS/c1-17-10-12-21(13-11-17)28-23(20-9-6-7-18(2)15-20)25-26-24(28)30-16-22(29)27-14-5-4-8-19(27)3/h6-7,9-13,15,19H,4-5,8,14,16H2,1-3H3/t19-/m0/s1. The highest BCUT2D eigenvalue weighted by Crippen LogP contribution is 2.29. The van der Waals surface area contributed by atoms with Gasteiger partial charge in [0, 0.05) is 23.8 Å². The van der Waals surface area contributed by atoms with Crippen molar-refractivity contribution in [2.24, 2.45) is 0 Å². The third-order valence-electron chi connectivity index (χ3n) is 5.65. The Morgan fingerprint density at radius 2 is 1.87 bits per heavy atom. The van der Waals surface area contributed by atoms with Crippen LogP contribution < -0.4 is 0 Å². The van der Waals surface area contributed by atoms with Gasteiger partial charge in [-0.1, -0.05) is 53.2 Å². The second-order valence-electron chi connectivity index (χ2n) is 8.07. The fourth-order valence-electron chi connectivity index (χ4n) is 3.94. The number of hydrogen-bond acceptors (Lipinski definition) is 4. The van der Waals surface area contributed by atoms with E-state index in [9.17, 15) is 4.79 Å². The third kappa shape index (κ3) is 4.43. The zero-order chi connectivity index (χ0) is 21.1. The van der Waals surface area contributed by atoms with Crippen LogP contribution in [0.3, 0.4) is 0 Å². The number of carbonyl (C=O) groups is 1. The third-order valence-corrected chi connectivity index (χ3v) is 6.56. The van der Waals surface area contributed by atoms with E-state index in [2.05, 4.69) is 78.0 Å². The van der Waals surface area contributed by atoms with E-state index in [1.807, 2.05) is 11.0 Å². The number of hydrogen-bond donors (Lipinski definition) is 0. The van der Waals surface area contributed by atoms with Crippen LogP contribution in [0.15, 0.2) is 53.7 Å². The van der Waals surface area contributed by atoms with Crippen LogP contribution in [0.2, 0.25) is 0 Å². The van der Waals surface area contributed by atoms with Crippen molar-refractivity contribution in [2.75, 3.05) is 12.3 Å². The van der Waals surface area contributed by atoms with Crippen LogP contribution >= 0.6 is 11.8 Å². The summed E-state index contributed by atoms with van der Waals surface area (Å²) in [5, 5.41) is 9.71. The zero-order valence-corrected chi connectivity index (χ0v) is 18.7. The molecule has 5 nitrogen and oxygen atoms in total. The summed E-state index contributed by atoms with van der Waals surface area (Å²) in [6.07, 6.45) is 3.39. The fraction of sp³-hybridized carbons (Fsp3) is 0.375. The van der Waals surface area contributed by atoms with E-state index >= 15 is 0 Å². The van der Waals surface area contributed by atoms with Gasteiger partial charge in [0.25, 0.3) is 0 Å². The largest absolute Gasteiger partial charge is 0.339 e. The van der Waals surface area contributed by atoms with E-state index < -0.39 is 0 Å². The molecule has 1 fully saturated rings. The monoisotopic (exact) mass is 420 g/mol. The topological polar surface area (TPSA) is 51.0 Å². The molecular formula is C24H28N4OS. The number of aromatic nitrogens is 3. The lowest BCUT2D eigenvalue weighted by molar-refractivity contribution is -0.131. The molecule has 0 N–H and O–H groups in total. The smallest absolute Gasteiger partial charge is 0.233 e. The van der Waals surface area contributed by atoms with Gasteiger partial charge >= 0.3 is 0 Å². The minimum atomic E-state index is 0.183. The predicted octanol–water partition coefficient (Wildman–Crippen LogP) is 5.04. The molecule has 3 aromatic rings. The number of carbonyl (C=O) groups excluding carboxylic acids is 1. The molecule has 1 aromatic heterocycles. The highest BCUT2D eigenvalue weighted by atomic mass is 32.2. The lowest BCUT2D eigenvalue weighted by atomic mass is 10.0. The Labute approximate surface area is 182 Å². The maximum atomic E-state index is 12.8. The van der Waals surface area contributed by atoms with Crippen molar-refractivity contribution in [3.63, 3.8) is 0 Å². The van der Waals surface area contributed by atoms with Crippen LogP contribution in [0.1, 0.15) is 37.3 Å². The Morgan fingerprint density at radius 3 is 2.60 bits per heavy atom. The molecule has 1 aliphatic rings. The lowest BCUT2D eigenvalue weighted by Crippen LogP contribution is -2.42. The quantitative estimate of drug-likeness (QED) is 0.542. The first-order valence-electron chi connectivity index (χ1n) is 10.5. The van der Waals surface area contributed by atoms with Crippen molar-refractivity contribution in [1.82, 2.24) is 19.7 Å². The van der Waals surface area contributed by atoms with E-state index in [1.165, 1.54) is 29.3 Å². The van der Waals surface area contributed by atoms with Gasteiger partial charge in [0.1, 0.15) is 0 Å². The summed E-state index contributed by atoms with van der Waals surface area (Å²) in [6, 6.07) is 16.9. The number of likely N-dealkylation sites (tertiary alicyclic amines) is 1. The predicted molar refractivity (Wildman–Crippen MR) is 122 cm³/mol. The number of amides is 1. The van der Waals surface area contributed by atoms with Gasteiger partial charge in [-0.3, -0.25) is 9.36 Å². The molecular weight excluding hydrogens is 392 g/mol. The van der Waals surface area contributed by atoms with Crippen molar-refractivity contribution < 1.29 is 4.79 Å². The van der Waals surface area contributed by atoms with Gasteiger partial charge in [0.15, 0.2) is 11.0 Å². The van der Waals surface area contributed by atoms with Gasteiger partial charge in [-0.05, 0) is 58.2 Å². The molecule has 6 heteroatoms. The number of thioether (sulfide) groups is 1. The van der Waals surface area contributed by atoms with E-state index in [0.717, 1.165) is 41.6 Å². The molecule has 0 aliphatic carbocycles. The summed E-state index contributed by atoms with van der Waals surface area (Å²) in [5.74, 6) is 1.36. The lowest BCUT2D eigenvalue weighted by Gasteiger charge is -2.33. The minimum absolute atomic E-state index is 0.183. The van der Waals surface area contributed by atoms with Crippen LogP contribution in [0.25, 0.3) is 17.1 Å². The molecule has 4 rings (SSSR count). The fourth-order valence-corrected chi connectivity index (χ4v) is 4.78. The number of aryl methyl sites for hydroxylation is 2. The van der Waals surface area contributed by atoms with Crippen LogP contribution in [0.5, 0.6) is 0 Å². The number of benzene rings is 2. The van der Waals surface area contributed by atoms with Gasteiger partial charge < -0.3 is 4.90 Å². The summed E-state index contributed by atoms with van der Waals surface area (Å²) in [4.78, 5) is 14.9. The van der Waals surface area contributed by atoms with E-state index in [1.54, 1.807) is 0 Å². The highest BCUT2D eigenvalue weighted by Gasteiger charge is 2.24. The first-order valence-corrected chi connectivity index (χ1v) is 11.5. The summed E-state index contributed by atoms with van der Waals surface area (Å²) < 4.78 is 2.06. The average Bonchev–Trinajstić information content (AvgIpc) is 3.17. The van der Waals surface area contributed by atoms with Gasteiger partial charge in [-0.15, -0.1) is 10.2 Å². The molecule has 2 aromatic carbocycles. The van der Waals surface area contributed by atoms with Crippen LogP contribution in [-0.2, 0) is 4.79 Å². The van der Waals surface area contributed by atoms with Crippen LogP contribution in [0.4, 0.5) is 0 Å². The Balaban J connectivity index is 1.64. The molecule has 0 saturated carbocycles. The van der Waals surface area contributed by atoms with Crippen LogP contribution in [0, 0.1) is 13.8 Å². The molecule has 0 unspecified atom stereocenters. The summed E-state index contributed by atoms with van der Waals surface area (Å²) >= 11 is 1.47. The molecule has 1 amide bonds. The zero-order valence-electron chi connectivity index (χ0n) is 17.8. The molecule has 1 aliphatic heterocycles. The van der Waals surface area contributed by atoms with E-state index in [4.69, 9.17) is 0 Å². The second kappa shape index (κ2) is 9.04. The van der Waals surface area contributed by atoms with Crippen molar-refractivity contribution in [2.45, 2.75) is 51.2 Å². The highest BCUT2D eigenvalue weighted by molar-refractivity contribution is 7.99. The molecule has 1 saturated heterocycles. The van der Waals surface area contributed by atoms with Gasteiger partial charge in [-0.25, -0.2) is 0 Å². The molecule has 30 heavy (non-hydrogen) atoms. The average molecular weight is 421 g/mol. The molecule has 0 spiro atoms. The molecule has 2 heterocycles. The maximum Gasteiger partial charge on any atom is 0.233 e. The minimum Gasteiger partial charge on any atom is -0.339 e. The second-order valence-corrected chi connectivity index (χ2v) is 9.01. The number of piperidine rings is 1. The Hall–Kier alpha value is -2.60. The first kappa shape index (κ1) is 20.7. The van der Waals surface area contributed by atoms with Crippen LogP contribution in [-0.4, -0.2) is 43.9 Å². The molecule has 0 radical (unpaired) electrons.